The molecule has 0 radical (unpaired) electrons. The SMILES string of the molecule is O=C1CCC(N2Cc3ccc(CNC(=O)OC[C@@H]4C[C@@H]5C=C[C@H]4CC5)cc3C2=O)C(=O)N1. The van der Waals surface area contributed by atoms with E-state index >= 15 is 0 Å². The lowest BCUT2D eigenvalue weighted by Gasteiger charge is -2.37. The van der Waals surface area contributed by atoms with E-state index in [0.717, 1.165) is 17.5 Å². The molecule has 1 aromatic rings. The average Bonchev–Trinajstić information content (AvgIpc) is 3.13. The van der Waals surface area contributed by atoms with E-state index < -0.39 is 18.0 Å². The predicted molar refractivity (Wildman–Crippen MR) is 114 cm³/mol. The van der Waals surface area contributed by atoms with Crippen LogP contribution in [-0.2, 0) is 27.4 Å². The van der Waals surface area contributed by atoms with E-state index in [0.29, 0.717) is 42.9 Å². The second-order valence-electron chi connectivity index (χ2n) is 9.23. The molecule has 2 aliphatic heterocycles. The number of fused-ring (bicyclic) bond motifs is 3. The number of carbonyl (C=O) groups excluding carboxylic acids is 4. The Morgan fingerprint density at radius 2 is 2.03 bits per heavy atom. The van der Waals surface area contributed by atoms with E-state index in [2.05, 4.69) is 22.8 Å². The zero-order valence-corrected chi connectivity index (χ0v) is 17.8. The fourth-order valence-electron chi connectivity index (χ4n) is 5.36. The van der Waals surface area contributed by atoms with Gasteiger partial charge < -0.3 is 15.0 Å². The van der Waals surface area contributed by atoms with Crippen LogP contribution in [0.25, 0.3) is 0 Å². The summed E-state index contributed by atoms with van der Waals surface area (Å²) in [5, 5.41) is 5.07. The van der Waals surface area contributed by atoms with Gasteiger partial charge in [-0.2, -0.15) is 0 Å². The first kappa shape index (κ1) is 20.7. The Balaban J connectivity index is 1.14. The second-order valence-corrected chi connectivity index (χ2v) is 9.23. The number of piperidine rings is 1. The summed E-state index contributed by atoms with van der Waals surface area (Å²) in [5.41, 5.74) is 2.16. The number of hydrogen-bond acceptors (Lipinski definition) is 5. The van der Waals surface area contributed by atoms with Crippen molar-refractivity contribution in [2.24, 2.45) is 17.8 Å². The van der Waals surface area contributed by atoms with E-state index in [9.17, 15) is 19.2 Å². The summed E-state index contributed by atoms with van der Waals surface area (Å²) in [6.45, 7) is 1.03. The van der Waals surface area contributed by atoms with Gasteiger partial charge >= 0.3 is 6.09 Å². The van der Waals surface area contributed by atoms with Crippen molar-refractivity contribution < 1.29 is 23.9 Å². The number of allylic oxidation sites excluding steroid dienone is 2. The number of nitrogens with one attached hydrogen (secondary N) is 2. The molecule has 2 bridgehead atoms. The summed E-state index contributed by atoms with van der Waals surface area (Å²) in [4.78, 5) is 50.2. The fraction of sp³-hybridized carbons (Fsp3) is 0.500. The Bertz CT molecular complexity index is 1000. The summed E-state index contributed by atoms with van der Waals surface area (Å²) in [6, 6.07) is 4.85. The van der Waals surface area contributed by atoms with Gasteiger partial charge in [0.1, 0.15) is 6.04 Å². The molecule has 0 spiro atoms. The number of nitrogens with zero attached hydrogens (tertiary/aromatic N) is 1. The van der Waals surface area contributed by atoms with Crippen molar-refractivity contribution in [1.82, 2.24) is 15.5 Å². The molecule has 8 nitrogen and oxygen atoms in total. The van der Waals surface area contributed by atoms with Crippen LogP contribution in [0, 0.1) is 17.8 Å². The molecule has 32 heavy (non-hydrogen) atoms. The minimum absolute atomic E-state index is 0.223. The van der Waals surface area contributed by atoms with Gasteiger partial charge in [0.15, 0.2) is 0 Å². The number of rotatable bonds is 5. The molecule has 168 valence electrons. The van der Waals surface area contributed by atoms with Crippen LogP contribution < -0.4 is 10.6 Å². The van der Waals surface area contributed by atoms with Gasteiger partial charge in [-0.15, -0.1) is 0 Å². The molecule has 3 aliphatic carbocycles. The first-order valence-corrected chi connectivity index (χ1v) is 11.3. The molecule has 0 aromatic heterocycles. The Hall–Kier alpha value is -3.16. The van der Waals surface area contributed by atoms with Crippen molar-refractivity contribution in [2.45, 2.75) is 51.2 Å². The first-order valence-electron chi connectivity index (χ1n) is 11.3. The van der Waals surface area contributed by atoms with Crippen molar-refractivity contribution in [1.29, 1.82) is 0 Å². The quantitative estimate of drug-likeness (QED) is 0.543. The Labute approximate surface area is 186 Å². The maximum absolute atomic E-state index is 12.9. The maximum Gasteiger partial charge on any atom is 0.407 e. The summed E-state index contributed by atoms with van der Waals surface area (Å²) in [5.74, 6) is 0.597. The minimum atomic E-state index is -0.631. The third kappa shape index (κ3) is 4.01. The van der Waals surface area contributed by atoms with Crippen LogP contribution in [0.4, 0.5) is 4.79 Å². The number of benzene rings is 1. The molecule has 4 amide bonds. The summed E-state index contributed by atoms with van der Waals surface area (Å²) >= 11 is 0. The number of carbonyl (C=O) groups is 4. The third-order valence-corrected chi connectivity index (χ3v) is 7.17. The summed E-state index contributed by atoms with van der Waals surface area (Å²) in [6.07, 6.45) is 8.18. The fourth-order valence-corrected chi connectivity index (χ4v) is 5.36. The van der Waals surface area contributed by atoms with Gasteiger partial charge in [-0.25, -0.2) is 4.79 Å². The Morgan fingerprint density at radius 1 is 1.16 bits per heavy atom. The van der Waals surface area contributed by atoms with Gasteiger partial charge in [-0.3, -0.25) is 19.7 Å². The van der Waals surface area contributed by atoms with Crippen molar-refractivity contribution in [3.63, 3.8) is 0 Å². The highest BCUT2D eigenvalue weighted by atomic mass is 16.5. The van der Waals surface area contributed by atoms with Gasteiger partial charge in [-0.05, 0) is 60.6 Å². The second kappa shape index (κ2) is 8.41. The lowest BCUT2D eigenvalue weighted by Crippen LogP contribution is -2.52. The molecule has 2 fully saturated rings. The van der Waals surface area contributed by atoms with Crippen molar-refractivity contribution in [3.8, 4) is 0 Å². The molecule has 4 atom stereocenters. The standard InChI is InChI=1S/C24H27N3O5/c28-21-8-7-20(22(29)26-21)27-12-17-6-3-15(10-19(17)23(27)30)11-25-24(31)32-13-18-9-14-1-4-16(18)5-2-14/h1,3-4,6,10,14,16,18,20H,2,5,7-9,11-13H2,(H,25,31)(H,26,28,29)/t14-,16+,18+,20?/m1/s1. The van der Waals surface area contributed by atoms with E-state index in [1.165, 1.54) is 17.7 Å². The van der Waals surface area contributed by atoms with Gasteiger partial charge in [0.05, 0.1) is 6.61 Å². The van der Waals surface area contributed by atoms with Crippen molar-refractivity contribution in [3.05, 3.63) is 47.0 Å². The van der Waals surface area contributed by atoms with Crippen LogP contribution >= 0.6 is 0 Å². The van der Waals surface area contributed by atoms with Crippen LogP contribution in [0.15, 0.2) is 30.4 Å². The van der Waals surface area contributed by atoms with Gasteiger partial charge in [-0.1, -0.05) is 24.3 Å². The molecular weight excluding hydrogens is 410 g/mol. The molecule has 1 saturated carbocycles. The molecule has 1 aromatic carbocycles. The average molecular weight is 437 g/mol. The molecule has 2 heterocycles. The van der Waals surface area contributed by atoms with Crippen LogP contribution in [0.1, 0.15) is 53.6 Å². The van der Waals surface area contributed by atoms with Crippen LogP contribution in [0.5, 0.6) is 0 Å². The van der Waals surface area contributed by atoms with Crippen molar-refractivity contribution in [2.75, 3.05) is 6.61 Å². The van der Waals surface area contributed by atoms with Crippen LogP contribution in [0.3, 0.4) is 0 Å². The van der Waals surface area contributed by atoms with E-state index in [1.54, 1.807) is 6.07 Å². The normalized spacial score (nSPS) is 28.5. The van der Waals surface area contributed by atoms with E-state index in [-0.39, 0.29) is 24.8 Å². The zero-order valence-electron chi connectivity index (χ0n) is 17.8. The Kier molecular flexibility index (Phi) is 5.45. The number of amides is 4. The molecule has 1 saturated heterocycles. The van der Waals surface area contributed by atoms with Crippen LogP contribution in [0.2, 0.25) is 0 Å². The predicted octanol–water partition coefficient (Wildman–Crippen LogP) is 2.28. The highest BCUT2D eigenvalue weighted by molar-refractivity contribution is 6.05. The molecule has 8 heteroatoms. The number of ether oxygens (including phenoxy) is 1. The minimum Gasteiger partial charge on any atom is -0.449 e. The van der Waals surface area contributed by atoms with Gasteiger partial charge in [0.25, 0.3) is 5.91 Å². The largest absolute Gasteiger partial charge is 0.449 e. The topological polar surface area (TPSA) is 105 Å². The van der Waals surface area contributed by atoms with Gasteiger partial charge in [0, 0.05) is 25.1 Å². The number of imide groups is 1. The summed E-state index contributed by atoms with van der Waals surface area (Å²) < 4.78 is 5.46. The highest BCUT2D eigenvalue weighted by Crippen LogP contribution is 2.40. The van der Waals surface area contributed by atoms with E-state index in [1.807, 2.05) is 12.1 Å². The number of alkyl carbamates (subject to hydrolysis) is 1. The first-order chi connectivity index (χ1) is 15.5. The monoisotopic (exact) mass is 437 g/mol. The van der Waals surface area contributed by atoms with Crippen LogP contribution in [-0.4, -0.2) is 41.4 Å². The van der Waals surface area contributed by atoms with E-state index in [4.69, 9.17) is 4.74 Å². The molecule has 2 N–H and O–H groups in total. The molecule has 1 unspecified atom stereocenters. The molecular formula is C24H27N3O5. The summed E-state index contributed by atoms with van der Waals surface area (Å²) in [7, 11) is 0. The molecule has 6 rings (SSSR count). The maximum atomic E-state index is 12.9. The van der Waals surface area contributed by atoms with Crippen molar-refractivity contribution >= 4 is 23.8 Å². The Morgan fingerprint density at radius 3 is 2.75 bits per heavy atom. The zero-order chi connectivity index (χ0) is 22.2. The lowest BCUT2D eigenvalue weighted by molar-refractivity contribution is -0.136. The molecule has 5 aliphatic rings. The third-order valence-electron chi connectivity index (χ3n) is 7.17. The number of hydrogen-bond donors (Lipinski definition) is 2. The highest BCUT2D eigenvalue weighted by Gasteiger charge is 2.39. The van der Waals surface area contributed by atoms with Gasteiger partial charge in [0.2, 0.25) is 11.8 Å². The lowest BCUT2D eigenvalue weighted by atomic mass is 9.69. The smallest absolute Gasteiger partial charge is 0.407 e.